The van der Waals surface area contributed by atoms with Crippen molar-refractivity contribution in [3.63, 3.8) is 0 Å². The third kappa shape index (κ3) is 4.35. The summed E-state index contributed by atoms with van der Waals surface area (Å²) in [7, 11) is 0. The molecule has 132 valence electrons. The first-order valence-electron chi connectivity index (χ1n) is 9.05. The van der Waals surface area contributed by atoms with Gasteiger partial charge in [0.05, 0.1) is 17.6 Å². The first kappa shape index (κ1) is 17.4. The van der Waals surface area contributed by atoms with Crippen LogP contribution in [0.15, 0.2) is 30.5 Å². The summed E-state index contributed by atoms with van der Waals surface area (Å²) in [5.74, 6) is 1.12. The third-order valence-electron chi connectivity index (χ3n) is 4.77. The molecule has 1 heterocycles. The standard InChI is InChI=1S/C20H26N4O/c1-13(2)20(25)24-19-17(11-14-5-3-4-6-14)23-18(12-22-19)15-7-9-16(21)10-8-15/h7-10,12-14H,3-6,11,21H2,1-2H3,(H,22,24,25). The summed E-state index contributed by atoms with van der Waals surface area (Å²) in [6, 6.07) is 7.63. The van der Waals surface area contributed by atoms with Crippen molar-refractivity contribution < 1.29 is 4.79 Å². The Balaban J connectivity index is 1.91. The SMILES string of the molecule is CC(C)C(=O)Nc1ncc(-c2ccc(N)cc2)nc1CC1CCCC1. The minimum absolute atomic E-state index is 0.0257. The number of benzene rings is 1. The Labute approximate surface area is 149 Å². The Kier molecular flexibility index (Phi) is 5.31. The molecular formula is C20H26N4O. The summed E-state index contributed by atoms with van der Waals surface area (Å²) in [5, 5.41) is 2.94. The van der Waals surface area contributed by atoms with Crippen LogP contribution in [-0.2, 0) is 11.2 Å². The number of hydrogen-bond acceptors (Lipinski definition) is 4. The Bertz CT molecular complexity index is 734. The van der Waals surface area contributed by atoms with Crippen LogP contribution in [0.25, 0.3) is 11.3 Å². The second kappa shape index (κ2) is 7.64. The third-order valence-corrected chi connectivity index (χ3v) is 4.77. The molecule has 3 N–H and O–H groups in total. The van der Waals surface area contributed by atoms with Crippen LogP contribution in [-0.4, -0.2) is 15.9 Å². The zero-order valence-electron chi connectivity index (χ0n) is 15.0. The highest BCUT2D eigenvalue weighted by Crippen LogP contribution is 2.30. The predicted octanol–water partition coefficient (Wildman–Crippen LogP) is 4.05. The van der Waals surface area contributed by atoms with Gasteiger partial charge in [0.2, 0.25) is 5.91 Å². The summed E-state index contributed by atoms with van der Waals surface area (Å²) in [4.78, 5) is 21.4. The van der Waals surface area contributed by atoms with E-state index in [0.717, 1.165) is 29.1 Å². The molecule has 5 heteroatoms. The van der Waals surface area contributed by atoms with Gasteiger partial charge in [-0.3, -0.25) is 4.79 Å². The van der Waals surface area contributed by atoms with Crippen LogP contribution in [0.3, 0.4) is 0 Å². The first-order valence-corrected chi connectivity index (χ1v) is 9.05. The van der Waals surface area contributed by atoms with Crippen molar-refractivity contribution in [3.8, 4) is 11.3 Å². The van der Waals surface area contributed by atoms with Crippen LogP contribution in [0, 0.1) is 11.8 Å². The van der Waals surface area contributed by atoms with Crippen LogP contribution < -0.4 is 11.1 Å². The van der Waals surface area contributed by atoms with Gasteiger partial charge < -0.3 is 11.1 Å². The molecular weight excluding hydrogens is 312 g/mol. The number of nitrogens with two attached hydrogens (primary N) is 1. The Morgan fingerprint density at radius 1 is 1.24 bits per heavy atom. The number of nitrogen functional groups attached to an aromatic ring is 1. The number of nitrogens with zero attached hydrogens (tertiary/aromatic N) is 2. The zero-order valence-corrected chi connectivity index (χ0v) is 15.0. The molecule has 0 spiro atoms. The molecule has 1 amide bonds. The Morgan fingerprint density at radius 3 is 2.56 bits per heavy atom. The highest BCUT2D eigenvalue weighted by Gasteiger charge is 2.20. The summed E-state index contributed by atoms with van der Waals surface area (Å²) >= 11 is 0. The molecule has 0 saturated heterocycles. The Hall–Kier alpha value is -2.43. The van der Waals surface area contributed by atoms with Crippen LogP contribution >= 0.6 is 0 Å². The number of carbonyl (C=O) groups excluding carboxylic acids is 1. The molecule has 1 aromatic heterocycles. The molecule has 0 bridgehead atoms. The fourth-order valence-corrected chi connectivity index (χ4v) is 3.22. The smallest absolute Gasteiger partial charge is 0.228 e. The molecule has 0 aliphatic heterocycles. The van der Waals surface area contributed by atoms with Gasteiger partial charge in [-0.2, -0.15) is 0 Å². The van der Waals surface area contributed by atoms with Gasteiger partial charge in [-0.1, -0.05) is 51.7 Å². The summed E-state index contributed by atoms with van der Waals surface area (Å²) in [6.07, 6.45) is 7.60. The molecule has 1 aliphatic rings. The minimum atomic E-state index is -0.0853. The number of rotatable bonds is 5. The lowest BCUT2D eigenvalue weighted by molar-refractivity contribution is -0.118. The molecule has 0 unspecified atom stereocenters. The molecule has 0 atom stereocenters. The summed E-state index contributed by atoms with van der Waals surface area (Å²) < 4.78 is 0. The van der Waals surface area contributed by atoms with E-state index in [4.69, 9.17) is 10.7 Å². The molecule has 0 radical (unpaired) electrons. The molecule has 5 nitrogen and oxygen atoms in total. The van der Waals surface area contributed by atoms with E-state index in [0.29, 0.717) is 11.7 Å². The normalized spacial score (nSPS) is 14.8. The van der Waals surface area contributed by atoms with Gasteiger partial charge in [0.25, 0.3) is 0 Å². The maximum atomic E-state index is 12.1. The summed E-state index contributed by atoms with van der Waals surface area (Å²) in [6.45, 7) is 3.75. The van der Waals surface area contributed by atoms with Crippen molar-refractivity contribution in [2.75, 3.05) is 11.1 Å². The van der Waals surface area contributed by atoms with Gasteiger partial charge >= 0.3 is 0 Å². The monoisotopic (exact) mass is 338 g/mol. The molecule has 1 aromatic carbocycles. The predicted molar refractivity (Wildman–Crippen MR) is 101 cm³/mol. The number of carbonyl (C=O) groups is 1. The number of nitrogens with one attached hydrogen (secondary N) is 1. The number of anilines is 2. The van der Waals surface area contributed by atoms with E-state index in [-0.39, 0.29) is 11.8 Å². The highest BCUT2D eigenvalue weighted by molar-refractivity contribution is 5.91. The molecule has 1 fully saturated rings. The lowest BCUT2D eigenvalue weighted by Crippen LogP contribution is -2.20. The lowest BCUT2D eigenvalue weighted by Gasteiger charge is -2.15. The van der Waals surface area contributed by atoms with E-state index in [1.165, 1.54) is 25.7 Å². The van der Waals surface area contributed by atoms with Crippen molar-refractivity contribution in [2.24, 2.45) is 11.8 Å². The fourth-order valence-electron chi connectivity index (χ4n) is 3.22. The Morgan fingerprint density at radius 2 is 1.92 bits per heavy atom. The van der Waals surface area contributed by atoms with E-state index in [2.05, 4.69) is 10.3 Å². The molecule has 2 aromatic rings. The van der Waals surface area contributed by atoms with Crippen molar-refractivity contribution in [3.05, 3.63) is 36.2 Å². The van der Waals surface area contributed by atoms with Crippen LogP contribution in [0.5, 0.6) is 0 Å². The van der Waals surface area contributed by atoms with E-state index < -0.39 is 0 Å². The second-order valence-corrected chi connectivity index (χ2v) is 7.17. The van der Waals surface area contributed by atoms with Gasteiger partial charge in [-0.05, 0) is 24.5 Å². The average Bonchev–Trinajstić information content (AvgIpc) is 3.10. The zero-order chi connectivity index (χ0) is 17.8. The quantitative estimate of drug-likeness (QED) is 0.806. The van der Waals surface area contributed by atoms with Crippen molar-refractivity contribution in [1.29, 1.82) is 0 Å². The molecule has 3 rings (SSSR count). The largest absolute Gasteiger partial charge is 0.399 e. The van der Waals surface area contributed by atoms with Crippen LogP contribution in [0.1, 0.15) is 45.2 Å². The van der Waals surface area contributed by atoms with Crippen LogP contribution in [0.4, 0.5) is 11.5 Å². The number of amides is 1. The van der Waals surface area contributed by atoms with Gasteiger partial charge in [-0.25, -0.2) is 9.97 Å². The van der Waals surface area contributed by atoms with E-state index in [9.17, 15) is 4.79 Å². The van der Waals surface area contributed by atoms with E-state index in [1.54, 1.807) is 6.20 Å². The number of hydrogen-bond donors (Lipinski definition) is 2. The second-order valence-electron chi connectivity index (χ2n) is 7.17. The average molecular weight is 338 g/mol. The summed E-state index contributed by atoms with van der Waals surface area (Å²) in [5.41, 5.74) is 9.18. The van der Waals surface area contributed by atoms with Crippen molar-refractivity contribution >= 4 is 17.4 Å². The van der Waals surface area contributed by atoms with Gasteiger partial charge in [0, 0.05) is 17.2 Å². The van der Waals surface area contributed by atoms with Crippen LogP contribution in [0.2, 0.25) is 0 Å². The lowest BCUT2D eigenvalue weighted by atomic mass is 10.0. The number of aromatic nitrogens is 2. The van der Waals surface area contributed by atoms with Gasteiger partial charge in [0.1, 0.15) is 0 Å². The van der Waals surface area contributed by atoms with Crippen molar-refractivity contribution in [1.82, 2.24) is 9.97 Å². The topological polar surface area (TPSA) is 80.9 Å². The van der Waals surface area contributed by atoms with Crippen molar-refractivity contribution in [2.45, 2.75) is 46.0 Å². The highest BCUT2D eigenvalue weighted by atomic mass is 16.1. The minimum Gasteiger partial charge on any atom is -0.399 e. The molecule has 25 heavy (non-hydrogen) atoms. The fraction of sp³-hybridized carbons (Fsp3) is 0.450. The maximum absolute atomic E-state index is 12.1. The van der Waals surface area contributed by atoms with E-state index in [1.807, 2.05) is 38.1 Å². The molecule has 1 saturated carbocycles. The maximum Gasteiger partial charge on any atom is 0.228 e. The molecule has 1 aliphatic carbocycles. The van der Waals surface area contributed by atoms with E-state index >= 15 is 0 Å². The van der Waals surface area contributed by atoms with Gasteiger partial charge in [-0.15, -0.1) is 0 Å². The first-order chi connectivity index (χ1) is 12.0. The van der Waals surface area contributed by atoms with Gasteiger partial charge in [0.15, 0.2) is 5.82 Å².